The summed E-state index contributed by atoms with van der Waals surface area (Å²) < 4.78 is 5.74. The summed E-state index contributed by atoms with van der Waals surface area (Å²) in [5.74, 6) is 0. The summed E-state index contributed by atoms with van der Waals surface area (Å²) in [4.78, 5) is 29.4. The van der Waals surface area contributed by atoms with Crippen molar-refractivity contribution in [2.45, 2.75) is 0 Å². The maximum atomic E-state index is 11.8. The summed E-state index contributed by atoms with van der Waals surface area (Å²) >= 11 is 3.42. The lowest BCUT2D eigenvalue weighted by molar-refractivity contribution is -0.384. The van der Waals surface area contributed by atoms with Crippen LogP contribution in [0.1, 0.15) is 0 Å². The molecule has 0 aliphatic rings. The van der Waals surface area contributed by atoms with Gasteiger partial charge in [-0.1, -0.05) is 265 Å². The lowest BCUT2D eigenvalue weighted by Gasteiger charge is -2.10. The third-order valence-electron chi connectivity index (χ3n) is 18.7. The second kappa shape index (κ2) is 27.4. The van der Waals surface area contributed by atoms with E-state index in [0.29, 0.717) is 11.1 Å². The molecule has 0 amide bonds. The van der Waals surface area contributed by atoms with Gasteiger partial charge in [-0.25, -0.2) is 0 Å². The molecule has 0 fully saturated rings. The number of nitro groups is 2. The van der Waals surface area contributed by atoms with Crippen LogP contribution in [0.5, 0.6) is 0 Å². The molecule has 4 aromatic heterocycles. The van der Waals surface area contributed by atoms with E-state index in [4.69, 9.17) is 0 Å². The molecule has 4 heterocycles. The Labute approximate surface area is 589 Å². The highest BCUT2D eigenvalue weighted by Gasteiger charge is 2.23. The van der Waals surface area contributed by atoms with Crippen LogP contribution in [0.4, 0.5) is 11.4 Å². The Morgan fingerprint density at radius 2 is 0.574 bits per heavy atom. The molecule has 0 saturated carbocycles. The molecule has 0 atom stereocenters. The largest absolute Gasteiger partial charge is 0.354 e. The van der Waals surface area contributed by atoms with Crippen molar-refractivity contribution >= 4 is 115 Å². The summed E-state index contributed by atoms with van der Waals surface area (Å²) in [7, 11) is 0. The molecule has 19 aromatic rings. The van der Waals surface area contributed by atoms with Crippen molar-refractivity contribution in [3.8, 4) is 67.0 Å². The molecule has 0 aliphatic carbocycles. The van der Waals surface area contributed by atoms with Crippen LogP contribution in [0.2, 0.25) is 0 Å². The van der Waals surface area contributed by atoms with Crippen LogP contribution in [-0.2, 0) is 0 Å². The Kier molecular flexibility index (Phi) is 16.9. The number of nitro benzene ring substituents is 2. The minimum absolute atomic E-state index is 0.110. The second-order valence-electron chi connectivity index (χ2n) is 24.6. The van der Waals surface area contributed by atoms with Crippen LogP contribution in [0.3, 0.4) is 0 Å². The highest BCUT2D eigenvalue weighted by Crippen LogP contribution is 2.44. The van der Waals surface area contributed by atoms with Gasteiger partial charge >= 0.3 is 0 Å². The number of nitrogens with zero attached hydrogens (tertiary/aromatic N) is 4. The highest BCUT2D eigenvalue weighted by molar-refractivity contribution is 9.10. The van der Waals surface area contributed by atoms with Crippen LogP contribution >= 0.6 is 15.9 Å². The van der Waals surface area contributed by atoms with Gasteiger partial charge in [-0.05, 0) is 142 Å². The lowest BCUT2D eigenvalue weighted by atomic mass is 9.98. The first-order chi connectivity index (χ1) is 49.7. The molecule has 0 spiro atoms. The van der Waals surface area contributed by atoms with Gasteiger partial charge in [0, 0.05) is 93.1 Å². The Morgan fingerprint density at radius 3 is 1.06 bits per heavy atom. The smallest absolute Gasteiger partial charge is 0.277 e. The molecule has 2 N–H and O–H groups in total. The van der Waals surface area contributed by atoms with E-state index in [9.17, 15) is 20.2 Å². The molecule has 101 heavy (non-hydrogen) atoms. The van der Waals surface area contributed by atoms with Crippen molar-refractivity contribution in [1.29, 1.82) is 0 Å². The van der Waals surface area contributed by atoms with Crippen molar-refractivity contribution in [3.63, 3.8) is 0 Å². The fourth-order valence-electron chi connectivity index (χ4n) is 14.2. The fraction of sp³-hybridized carbons (Fsp3) is 0. The molecule has 0 aliphatic heterocycles. The zero-order chi connectivity index (χ0) is 68.3. The van der Waals surface area contributed by atoms with Crippen LogP contribution in [0.15, 0.2) is 362 Å². The summed E-state index contributed by atoms with van der Waals surface area (Å²) in [5.41, 5.74) is 21.7. The molecular weight excluding hydrogens is 1310 g/mol. The van der Waals surface area contributed by atoms with Gasteiger partial charge in [-0.15, -0.1) is 0 Å². The van der Waals surface area contributed by atoms with Gasteiger partial charge in [0.2, 0.25) is 0 Å². The predicted octanol–water partition coefficient (Wildman–Crippen LogP) is 25.1. The lowest BCUT2D eigenvalue weighted by Crippen LogP contribution is -1.94. The SMILES string of the molecule is Brc1ccc(-c2ccccc2)cc1.O=[N+]([O-])c1ccccc1-c1cccc2[nH]c3ccccc3c12.O=[N+]([O-])c1ccccc1-c1cccc2c1c1ccccc1n2-c1ccc(-c2ccccc2)cc1.c1ccc(-c2ccc(-n3c4ccccc4c4c5c(ccc43)[nH]c3ccccc35)cc2)cc1. The van der Waals surface area contributed by atoms with E-state index < -0.39 is 0 Å². The Balaban J connectivity index is 0.000000110. The van der Waals surface area contributed by atoms with Gasteiger partial charge in [0.15, 0.2) is 0 Å². The monoisotopic (exact) mass is 1370 g/mol. The zero-order valence-electron chi connectivity index (χ0n) is 54.4. The molecule has 19 rings (SSSR count). The summed E-state index contributed by atoms with van der Waals surface area (Å²) in [6.45, 7) is 0. The van der Waals surface area contributed by atoms with Gasteiger partial charge < -0.3 is 19.1 Å². The van der Waals surface area contributed by atoms with Crippen LogP contribution in [0.25, 0.3) is 154 Å². The van der Waals surface area contributed by atoms with Crippen molar-refractivity contribution in [2.24, 2.45) is 0 Å². The Bertz CT molecular complexity index is 6260. The summed E-state index contributed by atoms with van der Waals surface area (Å²) in [6, 6.07) is 121. The minimum atomic E-state index is -0.330. The van der Waals surface area contributed by atoms with Crippen LogP contribution < -0.4 is 0 Å². The number of hydrogen-bond acceptors (Lipinski definition) is 4. The van der Waals surface area contributed by atoms with Crippen molar-refractivity contribution < 1.29 is 9.85 Å². The number of para-hydroxylation sites is 6. The number of H-pyrrole nitrogens is 2. The molecule has 10 nitrogen and oxygen atoms in total. The van der Waals surface area contributed by atoms with Gasteiger partial charge in [0.05, 0.1) is 43.0 Å². The minimum Gasteiger partial charge on any atom is -0.354 e. The van der Waals surface area contributed by atoms with E-state index >= 15 is 0 Å². The van der Waals surface area contributed by atoms with Gasteiger partial charge in [-0.2, -0.15) is 0 Å². The van der Waals surface area contributed by atoms with E-state index in [-0.39, 0.29) is 21.2 Å². The molecule has 0 unspecified atom stereocenters. The first-order valence-corrected chi connectivity index (χ1v) is 34.1. The molecular formula is C90H61BrN6O4. The second-order valence-corrected chi connectivity index (χ2v) is 25.5. The number of nitrogens with one attached hydrogen (secondary N) is 2. The maximum Gasteiger partial charge on any atom is 0.277 e. The molecule has 0 saturated heterocycles. The molecule has 0 bridgehead atoms. The third-order valence-corrected chi connectivity index (χ3v) is 19.3. The zero-order valence-corrected chi connectivity index (χ0v) is 55.9. The standard InChI is InChI=1S/C30H20N2O2.C30H20N2.C18H12N2O2.C12H9Br/c33-32(34)28-15-7-4-11-24(28)25-13-8-16-29-30(25)26-12-5-6-14-27(26)31(29)23-19-17-22(18-20-23)21-9-2-1-3-10-21;1-2-8-20(9-3-1)21-14-16-22(17-15-21)32-27-13-7-5-11-24(27)30-28(32)19-18-26-29(30)23-10-4-6-12-25(23)31-26;21-20(22)17-11-4-2-6-12(17)13-8-5-10-16-18(13)14-7-1-3-9-15(14)19-16;13-12-8-6-11(7-9-12)10-4-2-1-3-5-10/h1-20H;1-19,31H;1-11,19H;1-9H. The van der Waals surface area contributed by atoms with E-state index in [0.717, 1.165) is 70.5 Å². The van der Waals surface area contributed by atoms with E-state index in [2.05, 4.69) is 253 Å². The Hall–Kier alpha value is -13.2. The van der Waals surface area contributed by atoms with Crippen molar-refractivity contribution in [3.05, 3.63) is 383 Å². The molecule has 15 aromatic carbocycles. The molecule has 482 valence electrons. The fourth-order valence-corrected chi connectivity index (χ4v) is 14.5. The number of fused-ring (bicyclic) bond motifs is 13. The summed E-state index contributed by atoms with van der Waals surface area (Å²) in [5, 5.41) is 32.4. The molecule has 11 heteroatoms. The maximum absolute atomic E-state index is 11.8. The Morgan fingerprint density at radius 1 is 0.248 bits per heavy atom. The summed E-state index contributed by atoms with van der Waals surface area (Å²) in [6.07, 6.45) is 0. The van der Waals surface area contributed by atoms with Crippen LogP contribution in [0, 0.1) is 20.2 Å². The first kappa shape index (κ1) is 62.6. The number of halogens is 1. The van der Waals surface area contributed by atoms with Gasteiger partial charge in [0.1, 0.15) is 0 Å². The quantitative estimate of drug-likeness (QED) is 0.110. The van der Waals surface area contributed by atoms with Crippen molar-refractivity contribution in [2.75, 3.05) is 0 Å². The number of benzene rings is 15. The van der Waals surface area contributed by atoms with Gasteiger partial charge in [-0.3, -0.25) is 20.2 Å². The normalized spacial score (nSPS) is 11.2. The van der Waals surface area contributed by atoms with E-state index in [1.165, 1.54) is 77.1 Å². The molecule has 0 radical (unpaired) electrons. The average Bonchev–Trinajstić information content (AvgIpc) is 1.56. The highest BCUT2D eigenvalue weighted by atomic mass is 79.9. The number of aromatic nitrogens is 4. The first-order valence-electron chi connectivity index (χ1n) is 33.3. The predicted molar refractivity (Wildman–Crippen MR) is 421 cm³/mol. The topological polar surface area (TPSA) is 128 Å². The van der Waals surface area contributed by atoms with Crippen molar-refractivity contribution in [1.82, 2.24) is 19.1 Å². The van der Waals surface area contributed by atoms with E-state index in [1.807, 2.05) is 109 Å². The van der Waals surface area contributed by atoms with E-state index in [1.54, 1.807) is 30.3 Å². The van der Waals surface area contributed by atoms with Gasteiger partial charge in [0.25, 0.3) is 11.4 Å². The average molecular weight is 1370 g/mol. The number of rotatable bonds is 9. The number of hydrogen-bond donors (Lipinski definition) is 2. The number of aromatic amines is 2. The third kappa shape index (κ3) is 12.0. The van der Waals surface area contributed by atoms with Crippen LogP contribution in [-0.4, -0.2) is 28.9 Å².